The largest absolute Gasteiger partial charge is 0.325 e. The van der Waals surface area contributed by atoms with Gasteiger partial charge in [0.1, 0.15) is 10.7 Å². The molecule has 7 heteroatoms. The van der Waals surface area contributed by atoms with E-state index in [9.17, 15) is 9.59 Å². The fourth-order valence-corrected chi connectivity index (χ4v) is 4.48. The molecule has 26 heavy (non-hydrogen) atoms. The van der Waals surface area contributed by atoms with Crippen LogP contribution in [0.2, 0.25) is 0 Å². The highest BCUT2D eigenvalue weighted by Gasteiger charge is 2.12. The molecule has 0 bridgehead atoms. The molecule has 2 aromatic heterocycles. The molecule has 0 fully saturated rings. The zero-order valence-electron chi connectivity index (χ0n) is 15.0. The molecule has 5 nitrogen and oxygen atoms in total. The van der Waals surface area contributed by atoms with Gasteiger partial charge in [0, 0.05) is 10.6 Å². The van der Waals surface area contributed by atoms with Gasteiger partial charge in [0.15, 0.2) is 0 Å². The van der Waals surface area contributed by atoms with E-state index in [2.05, 4.69) is 22.2 Å². The number of rotatable bonds is 6. The van der Waals surface area contributed by atoms with Crippen molar-refractivity contribution >= 4 is 44.9 Å². The van der Waals surface area contributed by atoms with Crippen LogP contribution in [0.25, 0.3) is 10.2 Å². The summed E-state index contributed by atoms with van der Waals surface area (Å²) in [6.45, 7) is 6.00. The SMILES string of the molecule is CCc1ccccc1NC(=O)CSCc1nc2sc(C)c(C)c2c(=O)[nH]1. The number of nitrogens with one attached hydrogen (secondary N) is 2. The third kappa shape index (κ3) is 3.99. The number of benzene rings is 1. The van der Waals surface area contributed by atoms with E-state index in [1.54, 1.807) is 0 Å². The maximum Gasteiger partial charge on any atom is 0.259 e. The zero-order chi connectivity index (χ0) is 18.7. The Labute approximate surface area is 160 Å². The molecule has 136 valence electrons. The molecule has 3 rings (SSSR count). The zero-order valence-corrected chi connectivity index (χ0v) is 16.6. The van der Waals surface area contributed by atoms with E-state index in [0.29, 0.717) is 22.7 Å². The third-order valence-corrected chi connectivity index (χ3v) is 6.28. The quantitative estimate of drug-likeness (QED) is 0.669. The van der Waals surface area contributed by atoms with Gasteiger partial charge in [-0.05, 0) is 37.5 Å². The van der Waals surface area contributed by atoms with Crippen molar-refractivity contribution in [2.45, 2.75) is 32.9 Å². The lowest BCUT2D eigenvalue weighted by atomic mass is 10.1. The van der Waals surface area contributed by atoms with Gasteiger partial charge in [0.2, 0.25) is 5.91 Å². The highest BCUT2D eigenvalue weighted by molar-refractivity contribution is 7.99. The lowest BCUT2D eigenvalue weighted by molar-refractivity contribution is -0.113. The second kappa shape index (κ2) is 8.05. The Kier molecular flexibility index (Phi) is 5.78. The molecule has 1 aromatic carbocycles. The van der Waals surface area contributed by atoms with Crippen LogP contribution in [-0.2, 0) is 17.0 Å². The van der Waals surface area contributed by atoms with Crippen LogP contribution in [0, 0.1) is 13.8 Å². The Morgan fingerprint density at radius 2 is 2.08 bits per heavy atom. The van der Waals surface area contributed by atoms with Crippen LogP contribution in [0.5, 0.6) is 0 Å². The minimum Gasteiger partial charge on any atom is -0.325 e. The molecule has 0 saturated carbocycles. The number of anilines is 1. The molecule has 0 spiro atoms. The van der Waals surface area contributed by atoms with Gasteiger partial charge in [-0.3, -0.25) is 9.59 Å². The fraction of sp³-hybridized carbons (Fsp3) is 0.316. The molecule has 1 amide bonds. The maximum absolute atomic E-state index is 12.3. The first-order valence-electron chi connectivity index (χ1n) is 8.44. The van der Waals surface area contributed by atoms with E-state index < -0.39 is 0 Å². The van der Waals surface area contributed by atoms with Crippen LogP contribution < -0.4 is 10.9 Å². The molecule has 0 saturated heterocycles. The lowest BCUT2D eigenvalue weighted by Crippen LogP contribution is -2.16. The maximum atomic E-state index is 12.3. The second-order valence-corrected chi connectivity index (χ2v) is 8.22. The molecule has 0 aliphatic carbocycles. The van der Waals surface area contributed by atoms with Crippen molar-refractivity contribution in [3.63, 3.8) is 0 Å². The molecule has 0 aliphatic rings. The first-order valence-corrected chi connectivity index (χ1v) is 10.4. The van der Waals surface area contributed by atoms with Crippen LogP contribution in [0.4, 0.5) is 5.69 Å². The molecule has 2 N–H and O–H groups in total. The second-order valence-electron chi connectivity index (χ2n) is 6.03. The summed E-state index contributed by atoms with van der Waals surface area (Å²) in [7, 11) is 0. The van der Waals surface area contributed by atoms with Crippen molar-refractivity contribution in [3.05, 3.63) is 56.4 Å². The van der Waals surface area contributed by atoms with Gasteiger partial charge in [-0.25, -0.2) is 4.98 Å². The van der Waals surface area contributed by atoms with Crippen molar-refractivity contribution in [1.82, 2.24) is 9.97 Å². The highest BCUT2D eigenvalue weighted by atomic mass is 32.2. The van der Waals surface area contributed by atoms with Crippen molar-refractivity contribution in [2.24, 2.45) is 0 Å². The van der Waals surface area contributed by atoms with Crippen LogP contribution in [0.15, 0.2) is 29.1 Å². The molecular weight excluding hydrogens is 366 g/mol. The summed E-state index contributed by atoms with van der Waals surface area (Å²) in [6, 6.07) is 7.81. The van der Waals surface area contributed by atoms with E-state index in [1.165, 1.54) is 23.1 Å². The number of para-hydroxylation sites is 1. The average Bonchev–Trinajstić information content (AvgIpc) is 2.90. The topological polar surface area (TPSA) is 74.8 Å². The van der Waals surface area contributed by atoms with Gasteiger partial charge >= 0.3 is 0 Å². The van der Waals surface area contributed by atoms with Crippen LogP contribution in [0.3, 0.4) is 0 Å². The molecular formula is C19H21N3O2S2. The molecule has 0 radical (unpaired) electrons. The number of thioether (sulfide) groups is 1. The minimum absolute atomic E-state index is 0.0536. The molecule has 0 unspecified atom stereocenters. The average molecular weight is 388 g/mol. The Morgan fingerprint density at radius 1 is 1.31 bits per heavy atom. The number of fused-ring (bicyclic) bond motifs is 1. The van der Waals surface area contributed by atoms with Gasteiger partial charge in [-0.1, -0.05) is 25.1 Å². The summed E-state index contributed by atoms with van der Waals surface area (Å²) in [6.07, 6.45) is 0.869. The number of amides is 1. The van der Waals surface area contributed by atoms with Crippen LogP contribution in [-0.4, -0.2) is 21.6 Å². The third-order valence-electron chi connectivity index (χ3n) is 4.23. The fourth-order valence-electron chi connectivity index (χ4n) is 2.74. The number of carbonyl (C=O) groups is 1. The Hall–Kier alpha value is -2.12. The van der Waals surface area contributed by atoms with E-state index >= 15 is 0 Å². The van der Waals surface area contributed by atoms with E-state index in [-0.39, 0.29) is 11.5 Å². The summed E-state index contributed by atoms with van der Waals surface area (Å²) < 4.78 is 0. The number of carbonyl (C=O) groups excluding carboxylic acids is 1. The summed E-state index contributed by atoms with van der Waals surface area (Å²) in [5.74, 6) is 1.35. The first-order chi connectivity index (χ1) is 12.5. The Morgan fingerprint density at radius 3 is 2.85 bits per heavy atom. The van der Waals surface area contributed by atoms with E-state index in [4.69, 9.17) is 0 Å². The van der Waals surface area contributed by atoms with Crippen LogP contribution >= 0.6 is 23.1 Å². The first kappa shape index (κ1) is 18.7. The highest BCUT2D eigenvalue weighted by Crippen LogP contribution is 2.26. The monoisotopic (exact) mass is 387 g/mol. The number of nitrogens with zero attached hydrogens (tertiary/aromatic N) is 1. The van der Waals surface area contributed by atoms with E-state index in [1.807, 2.05) is 38.1 Å². The van der Waals surface area contributed by atoms with Gasteiger partial charge in [0.05, 0.1) is 16.9 Å². The molecule has 2 heterocycles. The number of hydrogen-bond acceptors (Lipinski definition) is 5. The number of aromatic amines is 1. The van der Waals surface area contributed by atoms with Gasteiger partial charge in [-0.15, -0.1) is 23.1 Å². The molecule has 0 aliphatic heterocycles. The number of aromatic nitrogens is 2. The van der Waals surface area contributed by atoms with Crippen molar-refractivity contribution in [3.8, 4) is 0 Å². The smallest absolute Gasteiger partial charge is 0.259 e. The van der Waals surface area contributed by atoms with Gasteiger partial charge in [0.25, 0.3) is 5.56 Å². The predicted octanol–water partition coefficient (Wildman–Crippen LogP) is 4.04. The van der Waals surface area contributed by atoms with Gasteiger partial charge in [-0.2, -0.15) is 0 Å². The number of hydrogen-bond donors (Lipinski definition) is 2. The Balaban J connectivity index is 1.62. The number of aryl methyl sites for hydroxylation is 3. The number of thiophene rings is 1. The van der Waals surface area contributed by atoms with Crippen molar-refractivity contribution in [2.75, 3.05) is 11.1 Å². The number of H-pyrrole nitrogens is 1. The molecule has 0 atom stereocenters. The Bertz CT molecular complexity index is 1010. The van der Waals surface area contributed by atoms with Gasteiger partial charge < -0.3 is 10.3 Å². The summed E-state index contributed by atoms with van der Waals surface area (Å²) in [5.41, 5.74) is 2.87. The summed E-state index contributed by atoms with van der Waals surface area (Å²) in [4.78, 5) is 33.7. The normalized spacial score (nSPS) is 11.0. The predicted molar refractivity (Wildman–Crippen MR) is 110 cm³/mol. The summed E-state index contributed by atoms with van der Waals surface area (Å²) >= 11 is 2.97. The van der Waals surface area contributed by atoms with Crippen molar-refractivity contribution < 1.29 is 4.79 Å². The molecule has 3 aromatic rings. The summed E-state index contributed by atoms with van der Waals surface area (Å²) in [5, 5.41) is 3.63. The van der Waals surface area contributed by atoms with E-state index in [0.717, 1.165) is 32.9 Å². The lowest BCUT2D eigenvalue weighted by Gasteiger charge is -2.09. The standard InChI is InChI=1S/C19H21N3O2S2/c1-4-13-7-5-6-8-14(13)20-16(23)10-25-9-15-21-18(24)17-11(2)12(3)26-19(17)22-15/h5-8H,4,9-10H2,1-3H3,(H,20,23)(H,21,22,24). The van der Waals surface area contributed by atoms with Crippen molar-refractivity contribution in [1.29, 1.82) is 0 Å². The van der Waals surface area contributed by atoms with Crippen LogP contribution in [0.1, 0.15) is 28.8 Å². The minimum atomic E-state index is -0.103.